The second-order valence-corrected chi connectivity index (χ2v) is 15.2. The number of hydrogen-bond donors (Lipinski definition) is 4. The van der Waals surface area contributed by atoms with Crippen LogP contribution >= 0.6 is 0 Å². The van der Waals surface area contributed by atoms with E-state index in [2.05, 4.69) is 0 Å². The average Bonchev–Trinajstić information content (AvgIpc) is 3.09. The highest BCUT2D eigenvalue weighted by molar-refractivity contribution is 5.94. The standard InChI is InChI=1S/C39H46O12/c1-20(23-13-9-7-10-14-23)29(42)35(46)49-25-18-39(47)33(50-34(45)24-15-11-8-12-16-24)31-37(6,32(44)30(43)28(21(25)2)36(39,4)5)26(41)17-27-38(31,19-48-27)51-22(3)40/h7-16,20,25-27,29-31,33,41-43,47H,17-19H2,1-6H3/t20-,25-,26-,27?,29+,30+,31-,33-,37+,38-,39+/m0/s1. The summed E-state index contributed by atoms with van der Waals surface area (Å²) in [5, 5.41) is 48.2. The summed E-state index contributed by atoms with van der Waals surface area (Å²) in [5.41, 5.74) is -6.32. The van der Waals surface area contributed by atoms with Gasteiger partial charge in [0.15, 0.2) is 17.5 Å². The van der Waals surface area contributed by atoms with Gasteiger partial charge in [-0.15, -0.1) is 0 Å². The van der Waals surface area contributed by atoms with Crippen molar-refractivity contribution in [3.05, 3.63) is 82.9 Å². The number of ketones is 1. The molecular weight excluding hydrogens is 660 g/mol. The Hall–Kier alpha value is -3.94. The van der Waals surface area contributed by atoms with Crippen LogP contribution in [0.25, 0.3) is 0 Å². The zero-order valence-corrected chi connectivity index (χ0v) is 29.6. The predicted octanol–water partition coefficient (Wildman–Crippen LogP) is 2.80. The van der Waals surface area contributed by atoms with E-state index >= 15 is 0 Å². The molecule has 1 saturated heterocycles. The Kier molecular flexibility index (Phi) is 9.34. The minimum Gasteiger partial charge on any atom is -0.456 e. The summed E-state index contributed by atoms with van der Waals surface area (Å²) < 4.78 is 24.0. The SMILES string of the molecule is CC(=O)O[C@@]12COC1C[C@H](O)[C@@]1(C)C(=O)[C@H](O)C3=C(C)[C@@H](OC(=O)[C@H](O)[C@@H](C)c4ccccc4)C[C@@](O)([C@@H](OC(=O)c4ccccc4)[C@@H]12)C3(C)C. The Labute approximate surface area is 296 Å². The van der Waals surface area contributed by atoms with Crippen molar-refractivity contribution in [3.8, 4) is 0 Å². The van der Waals surface area contributed by atoms with Crippen LogP contribution in [0.5, 0.6) is 0 Å². The Morgan fingerprint density at radius 3 is 2.14 bits per heavy atom. The lowest BCUT2D eigenvalue weighted by Crippen LogP contribution is -2.81. The topological polar surface area (TPSA) is 186 Å². The minimum absolute atomic E-state index is 0.0193. The molecular formula is C39H46O12. The van der Waals surface area contributed by atoms with Crippen LogP contribution in [0.3, 0.4) is 0 Å². The van der Waals surface area contributed by atoms with Crippen LogP contribution in [0.1, 0.15) is 76.2 Å². The number of esters is 3. The number of aliphatic hydroxyl groups is 4. The summed E-state index contributed by atoms with van der Waals surface area (Å²) in [7, 11) is 0. The van der Waals surface area contributed by atoms with Crippen molar-refractivity contribution in [2.75, 3.05) is 6.61 Å². The fourth-order valence-corrected chi connectivity index (χ4v) is 9.13. The zero-order chi connectivity index (χ0) is 37.3. The van der Waals surface area contributed by atoms with Crippen molar-refractivity contribution in [2.24, 2.45) is 16.7 Å². The van der Waals surface area contributed by atoms with E-state index in [4.69, 9.17) is 18.9 Å². The van der Waals surface area contributed by atoms with E-state index in [0.29, 0.717) is 5.56 Å². The first-order chi connectivity index (χ1) is 23.9. The van der Waals surface area contributed by atoms with Crippen LogP contribution in [0.15, 0.2) is 71.8 Å². The van der Waals surface area contributed by atoms with E-state index in [1.807, 2.05) is 0 Å². The maximum Gasteiger partial charge on any atom is 0.338 e. The number of carbonyl (C=O) groups is 4. The van der Waals surface area contributed by atoms with Gasteiger partial charge in [-0.3, -0.25) is 9.59 Å². The second kappa shape index (κ2) is 12.9. The van der Waals surface area contributed by atoms with Gasteiger partial charge in [-0.25, -0.2) is 9.59 Å². The van der Waals surface area contributed by atoms with E-state index in [0.717, 1.165) is 0 Å². The number of aliphatic hydroxyl groups excluding tert-OH is 3. The highest BCUT2D eigenvalue weighted by Crippen LogP contribution is 2.64. The lowest BCUT2D eigenvalue weighted by atomic mass is 9.44. The number of Topliss-reactive ketones (excluding diaryl/α,β-unsaturated/α-hetero) is 1. The molecule has 0 radical (unpaired) electrons. The molecule has 1 aliphatic heterocycles. The Bertz CT molecular complexity index is 1740. The number of carbonyl (C=O) groups excluding carboxylic acids is 4. The predicted molar refractivity (Wildman–Crippen MR) is 180 cm³/mol. The van der Waals surface area contributed by atoms with Crippen LogP contribution in [0.4, 0.5) is 0 Å². The summed E-state index contributed by atoms with van der Waals surface area (Å²) in [4.78, 5) is 55.1. The minimum atomic E-state index is -2.24. The first kappa shape index (κ1) is 36.8. The molecule has 1 heterocycles. The Balaban J connectivity index is 1.53. The van der Waals surface area contributed by atoms with Crippen LogP contribution in [-0.2, 0) is 33.3 Å². The highest BCUT2D eigenvalue weighted by atomic mass is 16.6. The summed E-state index contributed by atoms with van der Waals surface area (Å²) in [6, 6.07) is 16.9. The molecule has 274 valence electrons. The third kappa shape index (κ3) is 5.54. The molecule has 2 saturated carbocycles. The molecule has 4 N–H and O–H groups in total. The zero-order valence-electron chi connectivity index (χ0n) is 29.6. The van der Waals surface area contributed by atoms with Gasteiger partial charge in [0.2, 0.25) is 0 Å². The lowest BCUT2D eigenvalue weighted by Gasteiger charge is -2.67. The molecule has 51 heavy (non-hydrogen) atoms. The van der Waals surface area contributed by atoms with E-state index in [-0.39, 0.29) is 29.7 Å². The smallest absolute Gasteiger partial charge is 0.338 e. The maximum absolute atomic E-state index is 14.8. The van der Waals surface area contributed by atoms with Gasteiger partial charge in [-0.1, -0.05) is 69.3 Å². The number of rotatable bonds is 7. The van der Waals surface area contributed by atoms with Crippen LogP contribution in [0, 0.1) is 16.7 Å². The second-order valence-electron chi connectivity index (χ2n) is 15.2. The van der Waals surface area contributed by atoms with Gasteiger partial charge in [-0.2, -0.15) is 0 Å². The van der Waals surface area contributed by atoms with E-state index in [1.165, 1.54) is 26.0 Å². The van der Waals surface area contributed by atoms with Crippen molar-refractivity contribution in [3.63, 3.8) is 0 Å². The maximum atomic E-state index is 14.8. The number of fused-ring (bicyclic) bond motifs is 5. The lowest BCUT2D eigenvalue weighted by molar-refractivity contribution is -0.346. The molecule has 0 aromatic heterocycles. The first-order valence-corrected chi connectivity index (χ1v) is 17.3. The summed E-state index contributed by atoms with van der Waals surface area (Å²) >= 11 is 0. The Morgan fingerprint density at radius 1 is 0.961 bits per heavy atom. The number of hydrogen-bond acceptors (Lipinski definition) is 12. The van der Waals surface area contributed by atoms with Crippen LogP contribution in [-0.4, -0.2) is 98.6 Å². The van der Waals surface area contributed by atoms with Gasteiger partial charge in [-0.05, 0) is 42.7 Å². The molecule has 6 rings (SSSR count). The van der Waals surface area contributed by atoms with Crippen molar-refractivity contribution in [1.82, 2.24) is 0 Å². The third-order valence-electron chi connectivity index (χ3n) is 12.2. The molecule has 4 aliphatic rings. The van der Waals surface area contributed by atoms with Gasteiger partial charge >= 0.3 is 17.9 Å². The quantitative estimate of drug-likeness (QED) is 0.188. The van der Waals surface area contributed by atoms with Crippen molar-refractivity contribution in [2.45, 2.75) is 108 Å². The summed E-state index contributed by atoms with van der Waals surface area (Å²) in [6.45, 7) is 8.76. The molecule has 3 aliphatic carbocycles. The highest BCUT2D eigenvalue weighted by Gasteiger charge is 2.78. The van der Waals surface area contributed by atoms with Crippen LogP contribution < -0.4 is 0 Å². The van der Waals surface area contributed by atoms with Gasteiger partial charge in [0, 0.05) is 31.1 Å². The summed E-state index contributed by atoms with van der Waals surface area (Å²) in [6.07, 6.45) is -9.53. The largest absolute Gasteiger partial charge is 0.456 e. The number of ether oxygens (including phenoxy) is 4. The molecule has 0 amide bonds. The molecule has 3 fully saturated rings. The van der Waals surface area contributed by atoms with E-state index in [1.54, 1.807) is 76.2 Å². The fourth-order valence-electron chi connectivity index (χ4n) is 9.13. The normalized spacial score (nSPS) is 36.5. The molecule has 2 bridgehead atoms. The molecule has 1 unspecified atom stereocenters. The van der Waals surface area contributed by atoms with Crippen molar-refractivity contribution < 1.29 is 58.6 Å². The number of benzene rings is 2. The van der Waals surface area contributed by atoms with E-state index < -0.39 is 101 Å². The van der Waals surface area contributed by atoms with Crippen LogP contribution in [0.2, 0.25) is 0 Å². The average molecular weight is 707 g/mol. The Morgan fingerprint density at radius 2 is 1.57 bits per heavy atom. The first-order valence-electron chi connectivity index (χ1n) is 17.3. The fraction of sp³-hybridized carbons (Fsp3) is 0.538. The van der Waals surface area contributed by atoms with E-state index in [9.17, 15) is 39.6 Å². The monoisotopic (exact) mass is 706 g/mol. The van der Waals surface area contributed by atoms with Gasteiger partial charge in [0.25, 0.3) is 0 Å². The summed E-state index contributed by atoms with van der Waals surface area (Å²) in [5.74, 6) is -5.58. The van der Waals surface area contributed by atoms with Gasteiger partial charge < -0.3 is 39.4 Å². The molecule has 11 atom stereocenters. The molecule has 12 nitrogen and oxygen atoms in total. The van der Waals surface area contributed by atoms with Gasteiger partial charge in [0.1, 0.15) is 30.0 Å². The molecule has 12 heteroatoms. The molecule has 2 aromatic carbocycles. The molecule has 0 spiro atoms. The van der Waals surface area contributed by atoms with Crippen molar-refractivity contribution >= 4 is 23.7 Å². The third-order valence-corrected chi connectivity index (χ3v) is 12.2. The molecule has 2 aromatic rings. The van der Waals surface area contributed by atoms with Gasteiger partial charge in [0.05, 0.1) is 29.6 Å². The van der Waals surface area contributed by atoms with Crippen molar-refractivity contribution in [1.29, 1.82) is 0 Å².